The van der Waals surface area contributed by atoms with Crippen LogP contribution in [-0.2, 0) is 6.54 Å². The molecule has 5 heteroatoms. The van der Waals surface area contributed by atoms with Crippen LogP contribution in [-0.4, -0.2) is 26.6 Å². The van der Waals surface area contributed by atoms with Crippen LogP contribution in [0.1, 0.15) is 42.3 Å². The standard InChI is InChI=1S/C15H19FN4/c1-11-8-12(5-6-13(11)16)9-20-7-3-2-4-14(20)15-17-10-18-19-15/h5-6,8,10,14H,2-4,7,9H2,1H3,(H,17,18,19). The highest BCUT2D eigenvalue weighted by molar-refractivity contribution is 5.24. The highest BCUT2D eigenvalue weighted by Crippen LogP contribution is 2.30. The van der Waals surface area contributed by atoms with Crippen LogP contribution in [0.25, 0.3) is 0 Å². The van der Waals surface area contributed by atoms with Crippen molar-refractivity contribution in [3.8, 4) is 0 Å². The van der Waals surface area contributed by atoms with Gasteiger partial charge in [0.05, 0.1) is 6.04 Å². The smallest absolute Gasteiger partial charge is 0.141 e. The first-order valence-corrected chi connectivity index (χ1v) is 7.08. The number of piperidine rings is 1. The first-order chi connectivity index (χ1) is 9.74. The summed E-state index contributed by atoms with van der Waals surface area (Å²) in [6.07, 6.45) is 5.06. The van der Waals surface area contributed by atoms with Crippen molar-refractivity contribution in [3.05, 3.63) is 47.3 Å². The Kier molecular flexibility index (Phi) is 3.78. The predicted molar refractivity (Wildman–Crippen MR) is 74.5 cm³/mol. The molecular weight excluding hydrogens is 255 g/mol. The first kappa shape index (κ1) is 13.2. The number of aromatic amines is 1. The fraction of sp³-hybridized carbons (Fsp3) is 0.467. The maximum Gasteiger partial charge on any atom is 0.141 e. The highest BCUT2D eigenvalue weighted by Gasteiger charge is 2.26. The molecule has 1 unspecified atom stereocenters. The number of nitrogens with one attached hydrogen (secondary N) is 1. The van der Waals surface area contributed by atoms with Crippen LogP contribution in [0.4, 0.5) is 4.39 Å². The summed E-state index contributed by atoms with van der Waals surface area (Å²) in [6.45, 7) is 3.68. The van der Waals surface area contributed by atoms with E-state index >= 15 is 0 Å². The third-order valence-corrected chi connectivity index (χ3v) is 3.97. The Balaban J connectivity index is 1.78. The second-order valence-corrected chi connectivity index (χ2v) is 5.44. The summed E-state index contributed by atoms with van der Waals surface area (Å²) in [5.41, 5.74) is 1.85. The molecule has 1 fully saturated rings. The number of hydrogen-bond donors (Lipinski definition) is 1. The van der Waals surface area contributed by atoms with Gasteiger partial charge < -0.3 is 0 Å². The van der Waals surface area contributed by atoms with E-state index in [0.29, 0.717) is 5.56 Å². The summed E-state index contributed by atoms with van der Waals surface area (Å²) < 4.78 is 13.3. The molecule has 106 valence electrons. The largest absolute Gasteiger partial charge is 0.289 e. The van der Waals surface area contributed by atoms with Crippen molar-refractivity contribution in [3.63, 3.8) is 0 Å². The molecule has 1 aromatic heterocycles. The number of rotatable bonds is 3. The molecule has 1 saturated heterocycles. The summed E-state index contributed by atoms with van der Waals surface area (Å²) >= 11 is 0. The minimum atomic E-state index is -0.140. The SMILES string of the molecule is Cc1cc(CN2CCCCC2c2ncn[nH]2)ccc1F. The van der Waals surface area contributed by atoms with Crippen molar-refractivity contribution in [2.45, 2.75) is 38.8 Å². The lowest BCUT2D eigenvalue weighted by Gasteiger charge is -2.34. The summed E-state index contributed by atoms with van der Waals surface area (Å²) in [5.74, 6) is 0.794. The van der Waals surface area contributed by atoms with Gasteiger partial charge in [-0.25, -0.2) is 9.37 Å². The lowest BCUT2D eigenvalue weighted by molar-refractivity contribution is 0.134. The number of aromatic nitrogens is 3. The second-order valence-electron chi connectivity index (χ2n) is 5.44. The van der Waals surface area contributed by atoms with Gasteiger partial charge in [0.15, 0.2) is 0 Å². The predicted octanol–water partition coefficient (Wildman–Crippen LogP) is 2.98. The molecule has 2 aromatic rings. The van der Waals surface area contributed by atoms with E-state index in [1.54, 1.807) is 12.4 Å². The van der Waals surface area contributed by atoms with Crippen LogP contribution >= 0.6 is 0 Å². The summed E-state index contributed by atoms with van der Waals surface area (Å²) in [4.78, 5) is 6.69. The van der Waals surface area contributed by atoms with E-state index in [4.69, 9.17) is 0 Å². The van der Waals surface area contributed by atoms with Crippen LogP contribution < -0.4 is 0 Å². The number of aryl methyl sites for hydroxylation is 1. The normalized spacial score (nSPS) is 20.2. The molecule has 2 heterocycles. The number of H-pyrrole nitrogens is 1. The second kappa shape index (κ2) is 5.71. The van der Waals surface area contributed by atoms with Crippen LogP contribution in [0.15, 0.2) is 24.5 Å². The van der Waals surface area contributed by atoms with Gasteiger partial charge in [-0.05, 0) is 43.5 Å². The van der Waals surface area contributed by atoms with Crippen LogP contribution in [0.3, 0.4) is 0 Å². The molecule has 0 aliphatic carbocycles. The zero-order chi connectivity index (χ0) is 13.9. The fourth-order valence-electron chi connectivity index (χ4n) is 2.91. The van der Waals surface area contributed by atoms with E-state index in [1.807, 2.05) is 19.1 Å². The zero-order valence-electron chi connectivity index (χ0n) is 11.6. The maximum absolute atomic E-state index is 13.3. The van der Waals surface area contributed by atoms with E-state index in [-0.39, 0.29) is 11.9 Å². The number of benzene rings is 1. The van der Waals surface area contributed by atoms with Crippen LogP contribution in [0.2, 0.25) is 0 Å². The van der Waals surface area contributed by atoms with Gasteiger partial charge in [0.1, 0.15) is 18.0 Å². The molecule has 0 saturated carbocycles. The number of likely N-dealkylation sites (tertiary alicyclic amines) is 1. The van der Waals surface area contributed by atoms with Crippen molar-refractivity contribution in [2.24, 2.45) is 0 Å². The molecule has 0 radical (unpaired) electrons. The summed E-state index contributed by atoms with van der Waals surface area (Å²) in [7, 11) is 0. The monoisotopic (exact) mass is 274 g/mol. The van der Waals surface area contributed by atoms with Gasteiger partial charge in [0.2, 0.25) is 0 Å². The molecule has 1 N–H and O–H groups in total. The molecule has 4 nitrogen and oxygen atoms in total. The van der Waals surface area contributed by atoms with E-state index < -0.39 is 0 Å². The van der Waals surface area contributed by atoms with Gasteiger partial charge in [0.25, 0.3) is 0 Å². The molecule has 3 rings (SSSR count). The fourth-order valence-corrected chi connectivity index (χ4v) is 2.91. The number of nitrogens with zero attached hydrogens (tertiary/aromatic N) is 3. The molecule has 0 bridgehead atoms. The lowest BCUT2D eigenvalue weighted by atomic mass is 10.00. The van der Waals surface area contributed by atoms with Gasteiger partial charge in [-0.1, -0.05) is 18.6 Å². The Labute approximate surface area is 118 Å². The van der Waals surface area contributed by atoms with Crippen molar-refractivity contribution < 1.29 is 4.39 Å². The number of hydrogen-bond acceptors (Lipinski definition) is 3. The third kappa shape index (κ3) is 2.72. The quantitative estimate of drug-likeness (QED) is 0.936. The lowest BCUT2D eigenvalue weighted by Crippen LogP contribution is -2.33. The van der Waals surface area contributed by atoms with E-state index in [1.165, 1.54) is 12.8 Å². The molecular formula is C15H19FN4. The summed E-state index contributed by atoms with van der Waals surface area (Å²) in [6, 6.07) is 5.64. The minimum Gasteiger partial charge on any atom is -0.289 e. The van der Waals surface area contributed by atoms with Crippen LogP contribution in [0, 0.1) is 12.7 Å². The molecule has 1 aliphatic heterocycles. The number of halogens is 1. The van der Waals surface area contributed by atoms with E-state index in [0.717, 1.165) is 30.9 Å². The van der Waals surface area contributed by atoms with Crippen molar-refractivity contribution in [1.82, 2.24) is 20.1 Å². The van der Waals surface area contributed by atoms with Gasteiger partial charge in [0, 0.05) is 6.54 Å². The third-order valence-electron chi connectivity index (χ3n) is 3.97. The Bertz CT molecular complexity index is 567. The van der Waals surface area contributed by atoms with Gasteiger partial charge >= 0.3 is 0 Å². The van der Waals surface area contributed by atoms with Crippen molar-refractivity contribution in [1.29, 1.82) is 0 Å². The molecule has 1 aromatic carbocycles. The van der Waals surface area contributed by atoms with E-state index in [2.05, 4.69) is 20.1 Å². The topological polar surface area (TPSA) is 44.8 Å². The first-order valence-electron chi connectivity index (χ1n) is 7.08. The average molecular weight is 274 g/mol. The van der Waals surface area contributed by atoms with Crippen molar-refractivity contribution >= 4 is 0 Å². The maximum atomic E-state index is 13.3. The molecule has 0 amide bonds. The molecule has 0 spiro atoms. The Morgan fingerprint density at radius 1 is 1.40 bits per heavy atom. The van der Waals surface area contributed by atoms with Gasteiger partial charge in [-0.15, -0.1) is 0 Å². The Morgan fingerprint density at radius 2 is 2.30 bits per heavy atom. The molecule has 1 atom stereocenters. The summed E-state index contributed by atoms with van der Waals surface area (Å²) in [5, 5.41) is 6.93. The Morgan fingerprint density at radius 3 is 3.05 bits per heavy atom. The van der Waals surface area contributed by atoms with Crippen LogP contribution in [0.5, 0.6) is 0 Å². The molecule has 1 aliphatic rings. The van der Waals surface area contributed by atoms with E-state index in [9.17, 15) is 4.39 Å². The average Bonchev–Trinajstić information content (AvgIpc) is 2.97. The minimum absolute atomic E-state index is 0.140. The highest BCUT2D eigenvalue weighted by atomic mass is 19.1. The van der Waals surface area contributed by atoms with Crippen molar-refractivity contribution in [2.75, 3.05) is 6.54 Å². The zero-order valence-corrected chi connectivity index (χ0v) is 11.6. The molecule has 20 heavy (non-hydrogen) atoms. The van der Waals surface area contributed by atoms with Gasteiger partial charge in [-0.2, -0.15) is 5.10 Å². The Hall–Kier alpha value is -1.75. The van der Waals surface area contributed by atoms with Gasteiger partial charge in [-0.3, -0.25) is 10.00 Å².